The molecule has 0 saturated carbocycles. The van der Waals surface area contributed by atoms with Gasteiger partial charge in [-0.1, -0.05) is 0 Å². The molecule has 0 aromatic carbocycles. The van der Waals surface area contributed by atoms with Crippen LogP contribution in [0.25, 0.3) is 0 Å². The largest absolute Gasteiger partial charge is 0.460 e. The summed E-state index contributed by atoms with van der Waals surface area (Å²) in [6.45, 7) is 6.19. The lowest BCUT2D eigenvalue weighted by Crippen LogP contribution is -2.24. The zero-order chi connectivity index (χ0) is 13.6. The van der Waals surface area contributed by atoms with Gasteiger partial charge in [-0.15, -0.1) is 0 Å². The Morgan fingerprint density at radius 3 is 2.83 bits per heavy atom. The van der Waals surface area contributed by atoms with Gasteiger partial charge < -0.3 is 10.1 Å². The average molecular weight is 272 g/mol. The number of aromatic nitrogens is 2. The molecule has 0 fully saturated rings. The Morgan fingerprint density at radius 1 is 1.50 bits per heavy atom. The number of halogens is 1. The predicted molar refractivity (Wildman–Crippen MR) is 70.6 cm³/mol. The zero-order valence-corrected chi connectivity index (χ0v) is 11.6. The van der Waals surface area contributed by atoms with E-state index in [-0.39, 0.29) is 11.3 Å². The van der Waals surface area contributed by atoms with E-state index in [4.69, 9.17) is 16.3 Å². The van der Waals surface area contributed by atoms with Crippen LogP contribution in [-0.2, 0) is 9.53 Å². The standard InChI is InChI=1S/C12H18ClN3O2/c1-12(2,3)18-10(17)5-4-7-14-9-6-8-15-11(13)16-9/h6,8H,4-5,7H2,1-3H3,(H,14,15,16). The van der Waals surface area contributed by atoms with Gasteiger partial charge in [0.1, 0.15) is 11.4 Å². The van der Waals surface area contributed by atoms with Crippen LogP contribution >= 0.6 is 11.6 Å². The van der Waals surface area contributed by atoms with E-state index in [1.165, 1.54) is 0 Å². The van der Waals surface area contributed by atoms with E-state index < -0.39 is 5.60 Å². The van der Waals surface area contributed by atoms with Crippen LogP contribution in [0.15, 0.2) is 12.3 Å². The average Bonchev–Trinajstić information content (AvgIpc) is 2.22. The number of nitrogens with one attached hydrogen (secondary N) is 1. The highest BCUT2D eigenvalue weighted by molar-refractivity contribution is 6.28. The van der Waals surface area contributed by atoms with Gasteiger partial charge in [-0.25, -0.2) is 9.97 Å². The molecule has 1 aromatic rings. The quantitative estimate of drug-likeness (QED) is 0.507. The zero-order valence-electron chi connectivity index (χ0n) is 10.9. The summed E-state index contributed by atoms with van der Waals surface area (Å²) in [6.07, 6.45) is 2.63. The van der Waals surface area contributed by atoms with Crippen LogP contribution in [0.5, 0.6) is 0 Å². The highest BCUT2D eigenvalue weighted by Gasteiger charge is 2.15. The Balaban J connectivity index is 2.21. The van der Waals surface area contributed by atoms with Crippen LogP contribution in [0.2, 0.25) is 5.28 Å². The number of hydrogen-bond donors (Lipinski definition) is 1. The lowest BCUT2D eigenvalue weighted by molar-refractivity contribution is -0.154. The van der Waals surface area contributed by atoms with Crippen LogP contribution in [0.3, 0.4) is 0 Å². The molecule has 0 saturated heterocycles. The number of rotatable bonds is 5. The maximum atomic E-state index is 11.4. The van der Waals surface area contributed by atoms with Crippen molar-refractivity contribution in [3.63, 3.8) is 0 Å². The molecule has 100 valence electrons. The predicted octanol–water partition coefficient (Wildman–Crippen LogP) is 2.66. The maximum Gasteiger partial charge on any atom is 0.306 e. The van der Waals surface area contributed by atoms with E-state index in [0.717, 1.165) is 0 Å². The van der Waals surface area contributed by atoms with Crippen LogP contribution in [-0.4, -0.2) is 28.1 Å². The van der Waals surface area contributed by atoms with E-state index in [1.54, 1.807) is 12.3 Å². The van der Waals surface area contributed by atoms with Gasteiger partial charge in [0.25, 0.3) is 0 Å². The summed E-state index contributed by atoms with van der Waals surface area (Å²) in [6, 6.07) is 1.72. The van der Waals surface area contributed by atoms with Crippen molar-refractivity contribution in [2.45, 2.75) is 39.2 Å². The molecular formula is C12H18ClN3O2. The summed E-state index contributed by atoms with van der Waals surface area (Å²) in [5, 5.41) is 3.26. The van der Waals surface area contributed by atoms with Crippen LogP contribution in [0.4, 0.5) is 5.82 Å². The topological polar surface area (TPSA) is 64.1 Å². The van der Waals surface area contributed by atoms with Gasteiger partial charge in [0.15, 0.2) is 0 Å². The molecule has 0 aliphatic rings. The summed E-state index contributed by atoms with van der Waals surface area (Å²) < 4.78 is 5.20. The second-order valence-electron chi connectivity index (χ2n) is 4.83. The molecule has 0 atom stereocenters. The first-order chi connectivity index (χ1) is 8.37. The fourth-order valence-electron chi connectivity index (χ4n) is 1.28. The summed E-state index contributed by atoms with van der Waals surface area (Å²) in [7, 11) is 0. The van der Waals surface area contributed by atoms with Crippen LogP contribution in [0, 0.1) is 0 Å². The molecule has 5 nitrogen and oxygen atoms in total. The summed E-state index contributed by atoms with van der Waals surface area (Å²) in [5.41, 5.74) is -0.426. The molecular weight excluding hydrogens is 254 g/mol. The molecule has 18 heavy (non-hydrogen) atoms. The molecule has 0 spiro atoms. The monoisotopic (exact) mass is 271 g/mol. The van der Waals surface area contributed by atoms with Gasteiger partial charge in [-0.2, -0.15) is 0 Å². The molecule has 1 heterocycles. The maximum absolute atomic E-state index is 11.4. The second kappa shape index (κ2) is 6.54. The minimum atomic E-state index is -0.426. The molecule has 0 bridgehead atoms. The van der Waals surface area contributed by atoms with Crippen molar-refractivity contribution in [1.82, 2.24) is 9.97 Å². The molecule has 1 rings (SSSR count). The third kappa shape index (κ3) is 6.39. The van der Waals surface area contributed by atoms with Gasteiger partial charge in [0.05, 0.1) is 0 Å². The van der Waals surface area contributed by atoms with Crippen molar-refractivity contribution in [2.75, 3.05) is 11.9 Å². The molecule has 0 aliphatic heterocycles. The fraction of sp³-hybridized carbons (Fsp3) is 0.583. The highest BCUT2D eigenvalue weighted by Crippen LogP contribution is 2.10. The smallest absolute Gasteiger partial charge is 0.306 e. The van der Waals surface area contributed by atoms with Gasteiger partial charge >= 0.3 is 5.97 Å². The molecule has 6 heteroatoms. The van der Waals surface area contributed by atoms with Crippen LogP contribution < -0.4 is 5.32 Å². The van der Waals surface area contributed by atoms with Crippen molar-refractivity contribution >= 4 is 23.4 Å². The van der Waals surface area contributed by atoms with Gasteiger partial charge in [-0.3, -0.25) is 4.79 Å². The highest BCUT2D eigenvalue weighted by atomic mass is 35.5. The first-order valence-corrected chi connectivity index (χ1v) is 6.19. The van der Waals surface area contributed by atoms with Gasteiger partial charge in [0.2, 0.25) is 5.28 Å². The Morgan fingerprint density at radius 2 is 2.22 bits per heavy atom. The number of ether oxygens (including phenoxy) is 1. The molecule has 0 amide bonds. The number of carbonyl (C=O) groups is 1. The number of carbonyl (C=O) groups excluding carboxylic acids is 1. The van der Waals surface area contributed by atoms with E-state index in [1.807, 2.05) is 20.8 Å². The Hall–Kier alpha value is -1.36. The molecule has 0 radical (unpaired) electrons. The third-order valence-electron chi connectivity index (χ3n) is 1.91. The van der Waals surface area contributed by atoms with Gasteiger partial charge in [-0.05, 0) is 44.9 Å². The Bertz CT molecular complexity index is 405. The van der Waals surface area contributed by atoms with E-state index >= 15 is 0 Å². The number of nitrogens with zero attached hydrogens (tertiary/aromatic N) is 2. The van der Waals surface area contributed by atoms with Crippen molar-refractivity contribution in [3.05, 3.63) is 17.5 Å². The van der Waals surface area contributed by atoms with E-state index in [0.29, 0.717) is 25.2 Å². The number of hydrogen-bond acceptors (Lipinski definition) is 5. The Kier molecular flexibility index (Phi) is 5.34. The molecule has 0 unspecified atom stereocenters. The fourth-order valence-corrected chi connectivity index (χ4v) is 1.42. The van der Waals surface area contributed by atoms with Crippen molar-refractivity contribution in [2.24, 2.45) is 0 Å². The molecule has 0 aliphatic carbocycles. The lowest BCUT2D eigenvalue weighted by atomic mass is 10.2. The summed E-state index contributed by atoms with van der Waals surface area (Å²) >= 11 is 5.64. The summed E-state index contributed by atoms with van der Waals surface area (Å²) in [4.78, 5) is 19.2. The van der Waals surface area contributed by atoms with Crippen molar-refractivity contribution in [3.8, 4) is 0 Å². The van der Waals surface area contributed by atoms with E-state index in [9.17, 15) is 4.79 Å². The van der Waals surface area contributed by atoms with E-state index in [2.05, 4.69) is 15.3 Å². The molecule has 1 aromatic heterocycles. The number of anilines is 1. The minimum Gasteiger partial charge on any atom is -0.460 e. The lowest BCUT2D eigenvalue weighted by Gasteiger charge is -2.19. The number of esters is 1. The minimum absolute atomic E-state index is 0.190. The summed E-state index contributed by atoms with van der Waals surface area (Å²) in [5.74, 6) is 0.462. The SMILES string of the molecule is CC(C)(C)OC(=O)CCCNc1ccnc(Cl)n1. The van der Waals surface area contributed by atoms with Crippen molar-refractivity contribution in [1.29, 1.82) is 0 Å². The first-order valence-electron chi connectivity index (χ1n) is 5.81. The van der Waals surface area contributed by atoms with Crippen molar-refractivity contribution < 1.29 is 9.53 Å². The molecule has 1 N–H and O–H groups in total. The Labute approximate surface area is 112 Å². The second-order valence-corrected chi connectivity index (χ2v) is 5.17. The third-order valence-corrected chi connectivity index (χ3v) is 2.09. The first kappa shape index (κ1) is 14.7. The van der Waals surface area contributed by atoms with Gasteiger partial charge in [0, 0.05) is 19.2 Å². The van der Waals surface area contributed by atoms with Crippen LogP contribution in [0.1, 0.15) is 33.6 Å². The normalized spacial score (nSPS) is 11.1.